The number of amides is 2. The van der Waals surface area contributed by atoms with Crippen LogP contribution in [0.25, 0.3) is 0 Å². The van der Waals surface area contributed by atoms with Crippen LogP contribution in [0.4, 0.5) is 5.69 Å². The van der Waals surface area contributed by atoms with E-state index in [0.29, 0.717) is 30.0 Å². The molecule has 0 fully saturated rings. The van der Waals surface area contributed by atoms with Crippen LogP contribution in [0.15, 0.2) is 48.5 Å². The predicted molar refractivity (Wildman–Crippen MR) is 113 cm³/mol. The van der Waals surface area contributed by atoms with Crippen LogP contribution < -0.4 is 15.4 Å². The molecule has 5 nitrogen and oxygen atoms in total. The minimum Gasteiger partial charge on any atom is -0.494 e. The van der Waals surface area contributed by atoms with Gasteiger partial charge < -0.3 is 15.4 Å². The van der Waals surface area contributed by atoms with Gasteiger partial charge in [-0.25, -0.2) is 0 Å². The van der Waals surface area contributed by atoms with Crippen molar-refractivity contribution in [3.8, 4) is 5.75 Å². The molecule has 5 heteroatoms. The van der Waals surface area contributed by atoms with Gasteiger partial charge in [0, 0.05) is 12.1 Å². The molecule has 0 bridgehead atoms. The Bertz CT molecular complexity index is 757. The van der Waals surface area contributed by atoms with Crippen LogP contribution >= 0.6 is 0 Å². The van der Waals surface area contributed by atoms with Gasteiger partial charge in [-0.15, -0.1) is 0 Å². The number of benzene rings is 2. The van der Waals surface area contributed by atoms with Gasteiger partial charge in [-0.1, -0.05) is 45.2 Å². The van der Waals surface area contributed by atoms with Crippen molar-refractivity contribution in [2.45, 2.75) is 46.0 Å². The molecule has 0 unspecified atom stereocenters. The Labute approximate surface area is 167 Å². The molecular formula is C23H30N2O3. The molecule has 0 aliphatic heterocycles. The van der Waals surface area contributed by atoms with Gasteiger partial charge >= 0.3 is 0 Å². The van der Waals surface area contributed by atoms with Gasteiger partial charge in [0.05, 0.1) is 17.9 Å². The molecule has 28 heavy (non-hydrogen) atoms. The first-order valence-corrected chi connectivity index (χ1v) is 10.1. The van der Waals surface area contributed by atoms with Crippen LogP contribution in [0.5, 0.6) is 5.75 Å². The summed E-state index contributed by atoms with van der Waals surface area (Å²) in [4.78, 5) is 24.8. The zero-order chi connectivity index (χ0) is 20.2. The number of hydrogen-bond acceptors (Lipinski definition) is 3. The lowest BCUT2D eigenvalue weighted by atomic mass is 10.1. The number of carbonyl (C=O) groups is 2. The topological polar surface area (TPSA) is 67.4 Å². The van der Waals surface area contributed by atoms with Crippen molar-refractivity contribution in [2.75, 3.05) is 18.5 Å². The van der Waals surface area contributed by atoms with Gasteiger partial charge in [-0.2, -0.15) is 0 Å². The lowest BCUT2D eigenvalue weighted by molar-refractivity contribution is 0.0954. The standard InChI is InChI=1S/C23H30N2O3/c1-3-5-6-9-17-28-19-14-12-18(13-15-19)22(26)25-21-11-8-7-10-20(21)23(27)24-16-4-2/h7-8,10-15H,3-6,9,16-17H2,1-2H3,(H,24,27)(H,25,26). The van der Waals surface area contributed by atoms with E-state index in [0.717, 1.165) is 18.6 Å². The molecule has 0 aromatic heterocycles. The highest BCUT2D eigenvalue weighted by Crippen LogP contribution is 2.18. The molecule has 0 heterocycles. The van der Waals surface area contributed by atoms with Gasteiger partial charge in [-0.3, -0.25) is 9.59 Å². The van der Waals surface area contributed by atoms with E-state index in [1.54, 1.807) is 48.5 Å². The molecule has 2 N–H and O–H groups in total. The van der Waals surface area contributed by atoms with Crippen molar-refractivity contribution in [3.63, 3.8) is 0 Å². The number of hydrogen-bond donors (Lipinski definition) is 2. The first-order chi connectivity index (χ1) is 13.7. The lowest BCUT2D eigenvalue weighted by Crippen LogP contribution is -2.25. The molecule has 0 saturated heterocycles. The molecule has 150 valence electrons. The SMILES string of the molecule is CCCCCCOc1ccc(C(=O)Nc2ccccc2C(=O)NCCC)cc1. The van der Waals surface area contributed by atoms with Crippen molar-refractivity contribution in [2.24, 2.45) is 0 Å². The summed E-state index contributed by atoms with van der Waals surface area (Å²) in [6.45, 7) is 5.46. The number of ether oxygens (including phenoxy) is 1. The van der Waals surface area contributed by atoms with Crippen molar-refractivity contribution in [1.82, 2.24) is 5.32 Å². The van der Waals surface area contributed by atoms with Crippen LogP contribution in [0.2, 0.25) is 0 Å². The molecule has 2 aromatic rings. The summed E-state index contributed by atoms with van der Waals surface area (Å²) >= 11 is 0. The van der Waals surface area contributed by atoms with E-state index >= 15 is 0 Å². The number of carbonyl (C=O) groups excluding carboxylic acids is 2. The van der Waals surface area contributed by atoms with Gasteiger partial charge in [0.1, 0.15) is 5.75 Å². The van der Waals surface area contributed by atoms with Gasteiger partial charge in [-0.05, 0) is 49.2 Å². The summed E-state index contributed by atoms with van der Waals surface area (Å²) in [5.41, 5.74) is 1.47. The Morgan fingerprint density at radius 3 is 2.32 bits per heavy atom. The Morgan fingerprint density at radius 2 is 1.61 bits per heavy atom. The minimum absolute atomic E-state index is 0.190. The Hall–Kier alpha value is -2.82. The highest BCUT2D eigenvalue weighted by Gasteiger charge is 2.13. The summed E-state index contributed by atoms with van der Waals surface area (Å²) in [6, 6.07) is 14.1. The van der Waals surface area contributed by atoms with Crippen LogP contribution in [0, 0.1) is 0 Å². The molecule has 0 atom stereocenters. The summed E-state index contributed by atoms with van der Waals surface area (Å²) in [5, 5.41) is 5.66. The normalized spacial score (nSPS) is 10.4. The Balaban J connectivity index is 1.95. The number of para-hydroxylation sites is 1. The molecule has 0 aliphatic carbocycles. The average molecular weight is 383 g/mol. The lowest BCUT2D eigenvalue weighted by Gasteiger charge is -2.11. The van der Waals surface area contributed by atoms with Gasteiger partial charge in [0.2, 0.25) is 0 Å². The highest BCUT2D eigenvalue weighted by molar-refractivity contribution is 6.09. The third-order valence-corrected chi connectivity index (χ3v) is 4.34. The van der Waals surface area contributed by atoms with E-state index in [9.17, 15) is 9.59 Å². The fourth-order valence-corrected chi connectivity index (χ4v) is 2.74. The van der Waals surface area contributed by atoms with Gasteiger partial charge in [0.25, 0.3) is 11.8 Å². The summed E-state index contributed by atoms with van der Waals surface area (Å²) < 4.78 is 5.71. The number of unbranched alkanes of at least 4 members (excludes halogenated alkanes) is 3. The molecule has 0 spiro atoms. The molecule has 0 radical (unpaired) electrons. The van der Waals surface area contributed by atoms with Crippen molar-refractivity contribution >= 4 is 17.5 Å². The summed E-state index contributed by atoms with van der Waals surface area (Å²) in [5.74, 6) is 0.308. The quantitative estimate of drug-likeness (QED) is 0.535. The largest absolute Gasteiger partial charge is 0.494 e. The van der Waals surface area contributed by atoms with E-state index in [2.05, 4.69) is 17.6 Å². The third kappa shape index (κ3) is 6.72. The van der Waals surface area contributed by atoms with Gasteiger partial charge in [0.15, 0.2) is 0 Å². The fraction of sp³-hybridized carbons (Fsp3) is 0.391. The van der Waals surface area contributed by atoms with Crippen LogP contribution in [-0.2, 0) is 0 Å². The summed E-state index contributed by atoms with van der Waals surface area (Å²) in [7, 11) is 0. The van der Waals surface area contributed by atoms with E-state index in [1.165, 1.54) is 19.3 Å². The number of nitrogens with one attached hydrogen (secondary N) is 2. The van der Waals surface area contributed by atoms with E-state index < -0.39 is 0 Å². The van der Waals surface area contributed by atoms with Crippen LogP contribution in [0.3, 0.4) is 0 Å². The maximum Gasteiger partial charge on any atom is 0.255 e. The smallest absolute Gasteiger partial charge is 0.255 e. The van der Waals surface area contributed by atoms with Crippen molar-refractivity contribution < 1.29 is 14.3 Å². The Morgan fingerprint density at radius 1 is 0.857 bits per heavy atom. The minimum atomic E-state index is -0.259. The third-order valence-electron chi connectivity index (χ3n) is 4.34. The zero-order valence-electron chi connectivity index (χ0n) is 16.8. The van der Waals surface area contributed by atoms with Crippen LogP contribution in [-0.4, -0.2) is 25.0 Å². The molecule has 2 amide bonds. The molecule has 2 aromatic carbocycles. The number of anilines is 1. The molecule has 0 saturated carbocycles. The number of rotatable bonds is 11. The van der Waals surface area contributed by atoms with E-state index in [1.807, 2.05) is 6.92 Å². The highest BCUT2D eigenvalue weighted by atomic mass is 16.5. The van der Waals surface area contributed by atoms with Crippen LogP contribution in [0.1, 0.15) is 66.7 Å². The average Bonchev–Trinajstić information content (AvgIpc) is 2.72. The zero-order valence-corrected chi connectivity index (χ0v) is 16.8. The molecular weight excluding hydrogens is 352 g/mol. The van der Waals surface area contributed by atoms with Crippen molar-refractivity contribution in [3.05, 3.63) is 59.7 Å². The monoisotopic (exact) mass is 382 g/mol. The van der Waals surface area contributed by atoms with E-state index in [-0.39, 0.29) is 11.8 Å². The maximum absolute atomic E-state index is 12.6. The maximum atomic E-state index is 12.6. The predicted octanol–water partition coefficient (Wildman–Crippen LogP) is 5.04. The second kappa shape index (κ2) is 11.8. The second-order valence-corrected chi connectivity index (χ2v) is 6.69. The van der Waals surface area contributed by atoms with E-state index in [4.69, 9.17) is 4.74 Å². The first kappa shape index (κ1) is 21.5. The molecule has 0 aliphatic rings. The molecule has 2 rings (SSSR count). The Kier molecular flexibility index (Phi) is 9.05. The fourth-order valence-electron chi connectivity index (χ4n) is 2.74. The second-order valence-electron chi connectivity index (χ2n) is 6.69. The van der Waals surface area contributed by atoms with Crippen molar-refractivity contribution in [1.29, 1.82) is 0 Å². The summed E-state index contributed by atoms with van der Waals surface area (Å²) in [6.07, 6.45) is 5.48. The first-order valence-electron chi connectivity index (χ1n) is 10.1.